The molecule has 0 spiro atoms. The van der Waals surface area contributed by atoms with Gasteiger partial charge in [-0.25, -0.2) is 0 Å². The van der Waals surface area contributed by atoms with Crippen LogP contribution in [0.2, 0.25) is 0 Å². The molecular formula is C14H30N4O. The summed E-state index contributed by atoms with van der Waals surface area (Å²) in [4.78, 5) is 18.5. The molecule has 1 rings (SSSR count). The number of likely N-dealkylation sites (N-methyl/N-ethyl adjacent to an activating group) is 1. The van der Waals surface area contributed by atoms with Crippen molar-refractivity contribution in [1.82, 2.24) is 20.0 Å². The molecule has 0 saturated carbocycles. The topological polar surface area (TPSA) is 38.8 Å². The van der Waals surface area contributed by atoms with Gasteiger partial charge in [-0.3, -0.25) is 4.79 Å². The summed E-state index contributed by atoms with van der Waals surface area (Å²) in [7, 11) is 8.34. The van der Waals surface area contributed by atoms with E-state index in [0.29, 0.717) is 12.5 Å². The van der Waals surface area contributed by atoms with Gasteiger partial charge in [0.05, 0.1) is 0 Å². The van der Waals surface area contributed by atoms with Crippen LogP contribution in [0.4, 0.5) is 0 Å². The number of rotatable bonds is 7. The van der Waals surface area contributed by atoms with Crippen molar-refractivity contribution in [1.29, 1.82) is 0 Å². The van der Waals surface area contributed by atoms with Gasteiger partial charge in [-0.15, -0.1) is 0 Å². The zero-order valence-corrected chi connectivity index (χ0v) is 13.0. The third-order valence-corrected chi connectivity index (χ3v) is 3.88. The summed E-state index contributed by atoms with van der Waals surface area (Å²) in [5, 5.41) is 2.96. The molecule has 0 aromatic carbocycles. The van der Waals surface area contributed by atoms with E-state index in [-0.39, 0.29) is 5.91 Å². The molecule has 1 aliphatic heterocycles. The lowest BCUT2D eigenvalue weighted by atomic mass is 10.0. The van der Waals surface area contributed by atoms with Crippen molar-refractivity contribution in [3.05, 3.63) is 0 Å². The normalized spacial score (nSPS) is 18.2. The van der Waals surface area contributed by atoms with Gasteiger partial charge in [0.25, 0.3) is 0 Å². The first-order valence-electron chi connectivity index (χ1n) is 7.29. The van der Waals surface area contributed by atoms with Gasteiger partial charge in [0, 0.05) is 32.1 Å². The van der Waals surface area contributed by atoms with Crippen LogP contribution in [0.15, 0.2) is 0 Å². The fourth-order valence-corrected chi connectivity index (χ4v) is 2.40. The second-order valence-electron chi connectivity index (χ2n) is 5.92. The minimum Gasteiger partial charge on any atom is -0.355 e. The Labute approximate surface area is 117 Å². The van der Waals surface area contributed by atoms with Gasteiger partial charge < -0.3 is 20.0 Å². The monoisotopic (exact) mass is 270 g/mol. The van der Waals surface area contributed by atoms with E-state index in [1.807, 2.05) is 14.1 Å². The number of hydrogen-bond donors (Lipinski definition) is 1. The first-order valence-corrected chi connectivity index (χ1v) is 7.29. The van der Waals surface area contributed by atoms with Gasteiger partial charge in [0.2, 0.25) is 5.91 Å². The molecule has 5 nitrogen and oxygen atoms in total. The lowest BCUT2D eigenvalue weighted by Crippen LogP contribution is -2.43. The molecule has 0 radical (unpaired) electrons. The Hall–Kier alpha value is -0.650. The molecule has 1 heterocycles. The minimum atomic E-state index is 0.168. The second-order valence-corrected chi connectivity index (χ2v) is 5.92. The highest BCUT2D eigenvalue weighted by atomic mass is 16.1. The van der Waals surface area contributed by atoms with Crippen LogP contribution in [-0.2, 0) is 4.79 Å². The second kappa shape index (κ2) is 8.51. The summed E-state index contributed by atoms with van der Waals surface area (Å²) in [5.74, 6) is 0.168. The maximum Gasteiger partial charge on any atom is 0.221 e. The molecule has 1 saturated heterocycles. The van der Waals surface area contributed by atoms with Crippen LogP contribution in [-0.4, -0.2) is 87.6 Å². The first kappa shape index (κ1) is 16.4. The van der Waals surface area contributed by atoms with Gasteiger partial charge >= 0.3 is 0 Å². The molecule has 19 heavy (non-hydrogen) atoms. The van der Waals surface area contributed by atoms with Gasteiger partial charge in [0.1, 0.15) is 0 Å². The standard InChI is InChI=1S/C14H30N4O/c1-16(2)12-8-15-14(19)7-11-18(4)13-5-9-17(3)10-6-13/h13H,5-12H2,1-4H3,(H,15,19). The van der Waals surface area contributed by atoms with Crippen LogP contribution >= 0.6 is 0 Å². The van der Waals surface area contributed by atoms with Gasteiger partial charge in [-0.05, 0) is 54.1 Å². The Morgan fingerprint density at radius 3 is 2.42 bits per heavy atom. The SMILES string of the molecule is CN(C)CCNC(=O)CCN(C)C1CCN(C)CC1. The number of nitrogens with one attached hydrogen (secondary N) is 1. The summed E-state index contributed by atoms with van der Waals surface area (Å²) in [6.45, 7) is 4.84. The summed E-state index contributed by atoms with van der Waals surface area (Å²) in [6, 6.07) is 0.644. The van der Waals surface area contributed by atoms with Crippen molar-refractivity contribution in [2.75, 3.05) is 60.9 Å². The van der Waals surface area contributed by atoms with E-state index in [2.05, 4.69) is 34.1 Å². The number of carbonyl (C=O) groups is 1. The summed E-state index contributed by atoms with van der Waals surface area (Å²) < 4.78 is 0. The van der Waals surface area contributed by atoms with Crippen LogP contribution in [0, 0.1) is 0 Å². The van der Waals surface area contributed by atoms with Crippen molar-refractivity contribution in [2.24, 2.45) is 0 Å². The number of likely N-dealkylation sites (tertiary alicyclic amines) is 1. The van der Waals surface area contributed by atoms with Crippen molar-refractivity contribution in [2.45, 2.75) is 25.3 Å². The number of carbonyl (C=O) groups excluding carboxylic acids is 1. The number of piperidine rings is 1. The van der Waals surface area contributed by atoms with Crippen LogP contribution < -0.4 is 5.32 Å². The van der Waals surface area contributed by atoms with E-state index in [0.717, 1.165) is 19.6 Å². The summed E-state index contributed by atoms with van der Waals surface area (Å²) in [6.07, 6.45) is 3.04. The summed E-state index contributed by atoms with van der Waals surface area (Å²) >= 11 is 0. The smallest absolute Gasteiger partial charge is 0.221 e. The third-order valence-electron chi connectivity index (χ3n) is 3.88. The van der Waals surface area contributed by atoms with Crippen LogP contribution in [0.25, 0.3) is 0 Å². The maximum atomic E-state index is 11.7. The molecule has 0 atom stereocenters. The Morgan fingerprint density at radius 2 is 1.84 bits per heavy atom. The lowest BCUT2D eigenvalue weighted by Gasteiger charge is -2.35. The maximum absolute atomic E-state index is 11.7. The molecule has 0 aliphatic carbocycles. The van der Waals surface area contributed by atoms with E-state index in [9.17, 15) is 4.79 Å². The lowest BCUT2D eigenvalue weighted by molar-refractivity contribution is -0.121. The Morgan fingerprint density at radius 1 is 1.21 bits per heavy atom. The van der Waals surface area contributed by atoms with E-state index in [4.69, 9.17) is 0 Å². The van der Waals surface area contributed by atoms with E-state index >= 15 is 0 Å². The molecule has 0 bridgehead atoms. The highest BCUT2D eigenvalue weighted by molar-refractivity contribution is 5.76. The average Bonchev–Trinajstić information content (AvgIpc) is 2.36. The van der Waals surface area contributed by atoms with Gasteiger partial charge in [-0.1, -0.05) is 0 Å². The Kier molecular flexibility index (Phi) is 7.34. The molecule has 1 amide bonds. The van der Waals surface area contributed by atoms with Gasteiger partial charge in [0.15, 0.2) is 0 Å². The van der Waals surface area contributed by atoms with Crippen molar-refractivity contribution < 1.29 is 4.79 Å². The quantitative estimate of drug-likeness (QED) is 0.711. The molecule has 0 aromatic heterocycles. The fourth-order valence-electron chi connectivity index (χ4n) is 2.40. The molecule has 5 heteroatoms. The van der Waals surface area contributed by atoms with Gasteiger partial charge in [-0.2, -0.15) is 0 Å². The Bertz CT molecular complexity index is 262. The largest absolute Gasteiger partial charge is 0.355 e. The molecule has 0 unspecified atom stereocenters. The van der Waals surface area contributed by atoms with Crippen LogP contribution in [0.1, 0.15) is 19.3 Å². The average molecular weight is 270 g/mol. The molecule has 1 N–H and O–H groups in total. The predicted molar refractivity (Wildman–Crippen MR) is 79.3 cm³/mol. The van der Waals surface area contributed by atoms with Crippen molar-refractivity contribution in [3.8, 4) is 0 Å². The van der Waals surface area contributed by atoms with Crippen LogP contribution in [0.5, 0.6) is 0 Å². The molecule has 1 aliphatic rings. The highest BCUT2D eigenvalue weighted by Gasteiger charge is 2.20. The number of hydrogen-bond acceptors (Lipinski definition) is 4. The Balaban J connectivity index is 2.12. The molecule has 0 aromatic rings. The zero-order valence-electron chi connectivity index (χ0n) is 13.0. The zero-order chi connectivity index (χ0) is 14.3. The van der Waals surface area contributed by atoms with Crippen LogP contribution in [0.3, 0.4) is 0 Å². The molecule has 112 valence electrons. The predicted octanol–water partition coefficient (Wildman–Crippen LogP) is 0.0803. The fraction of sp³-hybridized carbons (Fsp3) is 0.929. The first-order chi connectivity index (χ1) is 8.99. The van der Waals surface area contributed by atoms with Crippen molar-refractivity contribution >= 4 is 5.91 Å². The minimum absolute atomic E-state index is 0.168. The molecular weight excluding hydrogens is 240 g/mol. The van der Waals surface area contributed by atoms with E-state index in [1.54, 1.807) is 0 Å². The summed E-state index contributed by atoms with van der Waals surface area (Å²) in [5.41, 5.74) is 0. The van der Waals surface area contributed by atoms with Crippen molar-refractivity contribution in [3.63, 3.8) is 0 Å². The third kappa shape index (κ3) is 6.89. The molecule has 1 fully saturated rings. The number of nitrogens with zero attached hydrogens (tertiary/aromatic N) is 3. The van der Waals surface area contributed by atoms with E-state index < -0.39 is 0 Å². The number of amides is 1. The highest BCUT2D eigenvalue weighted by Crippen LogP contribution is 2.13. The van der Waals surface area contributed by atoms with E-state index in [1.165, 1.54) is 25.9 Å².